The molecule has 0 amide bonds. The van der Waals surface area contributed by atoms with Crippen LogP contribution in [0.25, 0.3) is 16.0 Å². The zero-order chi connectivity index (χ0) is 19.1. The van der Waals surface area contributed by atoms with Gasteiger partial charge in [0.25, 0.3) is 5.56 Å². The first-order valence-corrected chi connectivity index (χ1v) is 9.30. The third-order valence-electron chi connectivity index (χ3n) is 4.10. The SMILES string of the molecule is Cc1ccc(-n2cnc3nc(Nc4ccc(C)c(F)c4)sc3c2=O)c(Cl)c1. The number of nitrogens with zero attached hydrogens (tertiary/aromatic N) is 3. The van der Waals surface area contributed by atoms with Gasteiger partial charge in [-0.05, 0) is 49.2 Å². The predicted molar refractivity (Wildman–Crippen MR) is 107 cm³/mol. The Hall–Kier alpha value is -2.77. The van der Waals surface area contributed by atoms with Gasteiger partial charge in [-0.25, -0.2) is 9.37 Å². The van der Waals surface area contributed by atoms with E-state index in [0.717, 1.165) is 16.9 Å². The number of rotatable bonds is 3. The summed E-state index contributed by atoms with van der Waals surface area (Å²) in [6, 6.07) is 10.3. The lowest BCUT2D eigenvalue weighted by atomic mass is 10.2. The summed E-state index contributed by atoms with van der Waals surface area (Å²) in [6.07, 6.45) is 1.41. The van der Waals surface area contributed by atoms with E-state index in [1.54, 1.807) is 31.2 Å². The Kier molecular flexibility index (Phi) is 4.41. The summed E-state index contributed by atoms with van der Waals surface area (Å²) in [5.41, 5.74) is 2.75. The van der Waals surface area contributed by atoms with Crippen LogP contribution in [0, 0.1) is 19.7 Å². The first kappa shape index (κ1) is 17.6. The number of thiazole rings is 1. The van der Waals surface area contributed by atoms with Gasteiger partial charge in [-0.2, -0.15) is 4.98 Å². The topological polar surface area (TPSA) is 59.8 Å². The fourth-order valence-corrected chi connectivity index (χ4v) is 3.84. The number of hydrogen-bond donors (Lipinski definition) is 1. The number of hydrogen-bond acceptors (Lipinski definition) is 5. The Morgan fingerprint density at radius 1 is 1.19 bits per heavy atom. The molecule has 0 aliphatic rings. The van der Waals surface area contributed by atoms with Crippen molar-refractivity contribution in [1.82, 2.24) is 14.5 Å². The van der Waals surface area contributed by atoms with Crippen molar-refractivity contribution < 1.29 is 4.39 Å². The normalized spacial score (nSPS) is 11.1. The molecule has 0 aliphatic carbocycles. The van der Waals surface area contributed by atoms with Crippen molar-refractivity contribution in [2.24, 2.45) is 0 Å². The van der Waals surface area contributed by atoms with Gasteiger partial charge in [0.15, 0.2) is 10.8 Å². The van der Waals surface area contributed by atoms with Gasteiger partial charge >= 0.3 is 0 Å². The number of aryl methyl sites for hydroxylation is 2. The van der Waals surface area contributed by atoms with Crippen LogP contribution in [0.3, 0.4) is 0 Å². The Labute approximate surface area is 163 Å². The molecule has 5 nitrogen and oxygen atoms in total. The summed E-state index contributed by atoms with van der Waals surface area (Å²) >= 11 is 7.44. The summed E-state index contributed by atoms with van der Waals surface area (Å²) in [5, 5.41) is 3.95. The van der Waals surface area contributed by atoms with Gasteiger partial charge in [-0.1, -0.05) is 35.1 Å². The molecule has 27 heavy (non-hydrogen) atoms. The van der Waals surface area contributed by atoms with Crippen LogP contribution < -0.4 is 10.9 Å². The van der Waals surface area contributed by atoms with Crippen molar-refractivity contribution in [1.29, 1.82) is 0 Å². The summed E-state index contributed by atoms with van der Waals surface area (Å²) in [5.74, 6) is -0.310. The maximum Gasteiger partial charge on any atom is 0.277 e. The van der Waals surface area contributed by atoms with Gasteiger partial charge in [-0.15, -0.1) is 0 Å². The Bertz CT molecular complexity index is 1230. The summed E-state index contributed by atoms with van der Waals surface area (Å²) in [4.78, 5) is 21.5. The molecule has 8 heteroatoms. The number of nitrogens with one attached hydrogen (secondary N) is 1. The maximum atomic E-state index is 13.7. The fraction of sp³-hybridized carbons (Fsp3) is 0.105. The number of anilines is 2. The zero-order valence-corrected chi connectivity index (χ0v) is 16.0. The van der Waals surface area contributed by atoms with Gasteiger partial charge in [0.05, 0.1) is 10.7 Å². The minimum atomic E-state index is -0.310. The number of halogens is 2. The standard InChI is InChI=1S/C19H14ClFN4OS/c1-10-3-6-15(13(20)7-10)25-9-22-17-16(18(25)26)27-19(24-17)23-12-5-4-11(2)14(21)8-12/h3-9H,1-2H3,(H,23,24). The third kappa shape index (κ3) is 3.31. The van der Waals surface area contributed by atoms with Crippen LogP contribution in [0.2, 0.25) is 5.02 Å². The zero-order valence-electron chi connectivity index (χ0n) is 14.5. The van der Waals surface area contributed by atoms with E-state index in [1.807, 2.05) is 13.0 Å². The third-order valence-corrected chi connectivity index (χ3v) is 5.35. The molecule has 2 aromatic carbocycles. The molecule has 0 fully saturated rings. The van der Waals surface area contributed by atoms with Gasteiger partial charge in [0.1, 0.15) is 16.8 Å². The number of fused-ring (bicyclic) bond motifs is 1. The van der Waals surface area contributed by atoms with E-state index in [-0.39, 0.29) is 11.4 Å². The van der Waals surface area contributed by atoms with Crippen LogP contribution in [0.15, 0.2) is 47.5 Å². The van der Waals surface area contributed by atoms with Crippen LogP contribution in [0.5, 0.6) is 0 Å². The predicted octanol–water partition coefficient (Wildman–Crippen LogP) is 5.00. The summed E-state index contributed by atoms with van der Waals surface area (Å²) < 4.78 is 15.5. The van der Waals surface area contributed by atoms with E-state index in [0.29, 0.717) is 37.4 Å². The van der Waals surface area contributed by atoms with Crippen LogP contribution in [0.1, 0.15) is 11.1 Å². The van der Waals surface area contributed by atoms with Gasteiger partial charge < -0.3 is 5.32 Å². The first-order chi connectivity index (χ1) is 12.9. The van der Waals surface area contributed by atoms with E-state index in [2.05, 4.69) is 15.3 Å². The van der Waals surface area contributed by atoms with Crippen molar-refractivity contribution in [2.75, 3.05) is 5.32 Å². The van der Waals surface area contributed by atoms with Crippen LogP contribution in [-0.4, -0.2) is 14.5 Å². The summed E-state index contributed by atoms with van der Waals surface area (Å²) in [7, 11) is 0. The van der Waals surface area contributed by atoms with E-state index in [4.69, 9.17) is 11.6 Å². The van der Waals surface area contributed by atoms with Gasteiger partial charge in [0.2, 0.25) is 0 Å². The van der Waals surface area contributed by atoms with Crippen molar-refractivity contribution in [3.63, 3.8) is 0 Å². The maximum absolute atomic E-state index is 13.7. The molecule has 0 spiro atoms. The highest BCUT2D eigenvalue weighted by molar-refractivity contribution is 7.22. The highest BCUT2D eigenvalue weighted by atomic mass is 35.5. The molecule has 0 saturated carbocycles. The smallest absolute Gasteiger partial charge is 0.277 e. The fourth-order valence-electron chi connectivity index (χ4n) is 2.64. The molecule has 136 valence electrons. The minimum absolute atomic E-state index is 0.258. The molecular weight excluding hydrogens is 387 g/mol. The Morgan fingerprint density at radius 3 is 2.74 bits per heavy atom. The molecule has 2 aromatic heterocycles. The number of benzene rings is 2. The van der Waals surface area contributed by atoms with Crippen molar-refractivity contribution in [2.45, 2.75) is 13.8 Å². The highest BCUT2D eigenvalue weighted by Gasteiger charge is 2.14. The second kappa shape index (κ2) is 6.75. The lowest BCUT2D eigenvalue weighted by molar-refractivity contribution is 0.619. The molecule has 0 unspecified atom stereocenters. The molecule has 0 atom stereocenters. The van der Waals surface area contributed by atoms with E-state index in [1.165, 1.54) is 17.0 Å². The molecule has 4 rings (SSSR count). The lowest BCUT2D eigenvalue weighted by Crippen LogP contribution is -2.18. The average molecular weight is 401 g/mol. The Balaban J connectivity index is 1.75. The molecule has 0 aliphatic heterocycles. The molecule has 2 heterocycles. The minimum Gasteiger partial charge on any atom is -0.331 e. The molecule has 0 saturated heterocycles. The second-order valence-corrected chi connectivity index (χ2v) is 7.54. The first-order valence-electron chi connectivity index (χ1n) is 8.10. The molecule has 1 N–H and O–H groups in total. The lowest BCUT2D eigenvalue weighted by Gasteiger charge is -2.07. The van der Waals surface area contributed by atoms with Crippen molar-refractivity contribution >= 4 is 44.1 Å². The summed E-state index contributed by atoms with van der Waals surface area (Å²) in [6.45, 7) is 3.62. The Morgan fingerprint density at radius 2 is 2.00 bits per heavy atom. The van der Waals surface area contributed by atoms with Crippen LogP contribution in [-0.2, 0) is 0 Å². The molecule has 4 aromatic rings. The number of aromatic nitrogens is 3. The monoisotopic (exact) mass is 400 g/mol. The van der Waals surface area contributed by atoms with E-state index in [9.17, 15) is 9.18 Å². The van der Waals surface area contributed by atoms with Crippen molar-refractivity contribution in [3.05, 3.63) is 75.0 Å². The van der Waals surface area contributed by atoms with Gasteiger partial charge in [-0.3, -0.25) is 9.36 Å². The molecule has 0 radical (unpaired) electrons. The highest BCUT2D eigenvalue weighted by Crippen LogP contribution is 2.27. The van der Waals surface area contributed by atoms with Gasteiger partial charge in [0, 0.05) is 5.69 Å². The van der Waals surface area contributed by atoms with Crippen LogP contribution >= 0.6 is 22.9 Å². The largest absolute Gasteiger partial charge is 0.331 e. The van der Waals surface area contributed by atoms with Crippen LogP contribution in [0.4, 0.5) is 15.2 Å². The quantitative estimate of drug-likeness (QED) is 0.526. The average Bonchev–Trinajstić information content (AvgIpc) is 3.03. The van der Waals surface area contributed by atoms with E-state index < -0.39 is 0 Å². The molecule has 0 bridgehead atoms. The van der Waals surface area contributed by atoms with E-state index >= 15 is 0 Å². The second-order valence-electron chi connectivity index (χ2n) is 6.14. The molecular formula is C19H14ClFN4OS. The van der Waals surface area contributed by atoms with Crippen molar-refractivity contribution in [3.8, 4) is 5.69 Å².